The number of hydrogen-bond acceptors (Lipinski definition) is 5. The Morgan fingerprint density at radius 3 is 2.97 bits per heavy atom. The average Bonchev–Trinajstić information content (AvgIpc) is 3.49. The van der Waals surface area contributed by atoms with Gasteiger partial charge >= 0.3 is 0 Å². The quantitative estimate of drug-likeness (QED) is 0.484. The molecule has 1 unspecified atom stereocenters. The van der Waals surface area contributed by atoms with E-state index in [1.807, 2.05) is 28.4 Å². The van der Waals surface area contributed by atoms with Crippen LogP contribution in [0.15, 0.2) is 42.7 Å². The molecule has 0 saturated carbocycles. The molecule has 4 heterocycles. The molecule has 0 radical (unpaired) electrons. The molecule has 8 heteroatoms. The molecule has 0 spiro atoms. The molecule has 6 rings (SSSR count). The Hall–Kier alpha value is -3.68. The number of nitrogen functional groups attached to an aromatic ring is 1. The number of halogens is 1. The number of benzene rings is 1. The number of ether oxygens (including phenoxy) is 1. The molecule has 7 nitrogen and oxygen atoms in total. The third-order valence-corrected chi connectivity index (χ3v) is 6.53. The smallest absolute Gasteiger partial charge is 0.166 e. The Labute approximate surface area is 184 Å². The van der Waals surface area contributed by atoms with Crippen molar-refractivity contribution in [2.45, 2.75) is 45.3 Å². The SMILES string of the molecule is CCn1nc2c3c1-c1cnc(N)c(c1)O[C@H](C)c1cc(F)ccc1-n1nccc1C3CC2. The van der Waals surface area contributed by atoms with Crippen molar-refractivity contribution in [1.82, 2.24) is 24.5 Å². The number of nitrogens with two attached hydrogens (primary N) is 1. The molecule has 2 N–H and O–H groups in total. The van der Waals surface area contributed by atoms with Crippen molar-refractivity contribution in [3.8, 4) is 22.7 Å². The Kier molecular flexibility index (Phi) is 4.11. The molecule has 0 saturated heterocycles. The molecule has 2 atom stereocenters. The van der Waals surface area contributed by atoms with Crippen molar-refractivity contribution >= 4 is 5.82 Å². The second kappa shape index (κ2) is 6.91. The number of aromatic nitrogens is 5. The van der Waals surface area contributed by atoms with Crippen LogP contribution in [-0.4, -0.2) is 24.5 Å². The molecule has 1 aromatic carbocycles. The maximum absolute atomic E-state index is 14.3. The fourth-order valence-electron chi connectivity index (χ4n) is 5.09. The van der Waals surface area contributed by atoms with Gasteiger partial charge in [-0.2, -0.15) is 10.2 Å². The van der Waals surface area contributed by atoms with Crippen LogP contribution in [0.3, 0.4) is 0 Å². The van der Waals surface area contributed by atoms with Crippen molar-refractivity contribution in [1.29, 1.82) is 0 Å². The van der Waals surface area contributed by atoms with Crippen LogP contribution in [0.1, 0.15) is 54.8 Å². The van der Waals surface area contributed by atoms with Crippen molar-refractivity contribution < 1.29 is 9.13 Å². The minimum Gasteiger partial charge on any atom is -0.482 e. The number of aryl methyl sites for hydroxylation is 2. The predicted molar refractivity (Wildman–Crippen MR) is 118 cm³/mol. The predicted octanol–water partition coefficient (Wildman–Crippen LogP) is 4.40. The molecule has 32 heavy (non-hydrogen) atoms. The van der Waals surface area contributed by atoms with Gasteiger partial charge in [0, 0.05) is 41.5 Å². The first kappa shape index (κ1) is 19.0. The largest absolute Gasteiger partial charge is 0.482 e. The number of hydrogen-bond donors (Lipinski definition) is 1. The highest BCUT2D eigenvalue weighted by Gasteiger charge is 2.35. The number of pyridine rings is 1. The third-order valence-electron chi connectivity index (χ3n) is 6.53. The lowest BCUT2D eigenvalue weighted by atomic mass is 9.94. The van der Waals surface area contributed by atoms with Gasteiger partial charge in [-0.05, 0) is 57.0 Å². The second-order valence-corrected chi connectivity index (χ2v) is 8.35. The fourth-order valence-corrected chi connectivity index (χ4v) is 5.09. The summed E-state index contributed by atoms with van der Waals surface area (Å²) in [7, 11) is 0. The van der Waals surface area contributed by atoms with Crippen molar-refractivity contribution in [3.63, 3.8) is 0 Å². The minimum atomic E-state index is -0.466. The van der Waals surface area contributed by atoms with E-state index in [1.54, 1.807) is 18.5 Å². The van der Waals surface area contributed by atoms with Crippen LogP contribution in [0.2, 0.25) is 0 Å². The van der Waals surface area contributed by atoms with Crippen molar-refractivity contribution in [3.05, 3.63) is 71.1 Å². The average molecular weight is 430 g/mol. The van der Waals surface area contributed by atoms with E-state index in [0.29, 0.717) is 17.1 Å². The lowest BCUT2D eigenvalue weighted by molar-refractivity contribution is 0.226. The van der Waals surface area contributed by atoms with Crippen LogP contribution in [-0.2, 0) is 13.0 Å². The van der Waals surface area contributed by atoms with Crippen LogP contribution >= 0.6 is 0 Å². The summed E-state index contributed by atoms with van der Waals surface area (Å²) in [6.07, 6.45) is 4.95. The Morgan fingerprint density at radius 2 is 2.12 bits per heavy atom. The van der Waals surface area contributed by atoms with E-state index < -0.39 is 6.10 Å². The van der Waals surface area contributed by atoms with Gasteiger partial charge in [0.2, 0.25) is 0 Å². The Bertz CT molecular complexity index is 1360. The summed E-state index contributed by atoms with van der Waals surface area (Å²) in [5.41, 5.74) is 13.0. The lowest BCUT2D eigenvalue weighted by Gasteiger charge is -2.23. The van der Waals surface area contributed by atoms with Crippen LogP contribution in [0, 0.1) is 5.82 Å². The maximum Gasteiger partial charge on any atom is 0.166 e. The van der Waals surface area contributed by atoms with Crippen LogP contribution in [0.5, 0.6) is 5.75 Å². The Morgan fingerprint density at radius 1 is 1.25 bits per heavy atom. The molecule has 1 aliphatic carbocycles. The van der Waals surface area contributed by atoms with Crippen LogP contribution < -0.4 is 10.5 Å². The number of nitrogens with zero attached hydrogens (tertiary/aromatic N) is 5. The van der Waals surface area contributed by atoms with Crippen LogP contribution in [0.4, 0.5) is 10.2 Å². The zero-order valence-electron chi connectivity index (χ0n) is 17.9. The van der Waals surface area contributed by atoms with Gasteiger partial charge in [0.1, 0.15) is 11.9 Å². The number of rotatable bonds is 1. The summed E-state index contributed by atoms with van der Waals surface area (Å²) < 4.78 is 24.5. The molecule has 2 bridgehead atoms. The van der Waals surface area contributed by atoms with Gasteiger partial charge in [-0.3, -0.25) is 4.68 Å². The van der Waals surface area contributed by atoms with Crippen molar-refractivity contribution in [2.24, 2.45) is 0 Å². The highest BCUT2D eigenvalue weighted by atomic mass is 19.1. The van der Waals surface area contributed by atoms with Gasteiger partial charge in [-0.1, -0.05) is 0 Å². The van der Waals surface area contributed by atoms with Gasteiger partial charge in [0.15, 0.2) is 11.6 Å². The van der Waals surface area contributed by atoms with E-state index in [1.165, 1.54) is 17.7 Å². The fraction of sp³-hybridized carbons (Fsp3) is 0.292. The van der Waals surface area contributed by atoms with E-state index in [0.717, 1.165) is 47.7 Å². The normalized spacial score (nSPS) is 18.7. The monoisotopic (exact) mass is 430 g/mol. The first-order chi connectivity index (χ1) is 15.5. The van der Waals surface area contributed by atoms with Gasteiger partial charge in [0.25, 0.3) is 0 Å². The lowest BCUT2D eigenvalue weighted by Crippen LogP contribution is -2.15. The zero-order valence-corrected chi connectivity index (χ0v) is 17.9. The topological polar surface area (TPSA) is 83.8 Å². The highest BCUT2D eigenvalue weighted by molar-refractivity contribution is 5.70. The molecular formula is C24H23FN6O. The van der Waals surface area contributed by atoms with E-state index in [2.05, 4.69) is 17.0 Å². The molecule has 2 aliphatic rings. The van der Waals surface area contributed by atoms with Crippen LogP contribution in [0.25, 0.3) is 16.9 Å². The molecule has 0 fully saturated rings. The molecule has 162 valence electrons. The summed E-state index contributed by atoms with van der Waals surface area (Å²) in [5, 5.41) is 9.54. The summed E-state index contributed by atoms with van der Waals surface area (Å²) in [6, 6.07) is 8.70. The van der Waals surface area contributed by atoms with Gasteiger partial charge in [-0.15, -0.1) is 0 Å². The molecule has 0 amide bonds. The van der Waals surface area contributed by atoms with E-state index in [9.17, 15) is 4.39 Å². The minimum absolute atomic E-state index is 0.123. The second-order valence-electron chi connectivity index (χ2n) is 8.35. The third kappa shape index (κ3) is 2.68. The van der Waals surface area contributed by atoms with E-state index in [4.69, 9.17) is 15.6 Å². The number of fused-ring (bicyclic) bond motifs is 7. The summed E-state index contributed by atoms with van der Waals surface area (Å²) >= 11 is 0. The molecule has 1 aliphatic heterocycles. The zero-order chi connectivity index (χ0) is 22.0. The van der Waals surface area contributed by atoms with Gasteiger partial charge < -0.3 is 10.5 Å². The van der Waals surface area contributed by atoms with Gasteiger partial charge in [-0.25, -0.2) is 14.1 Å². The standard InChI is InChI=1S/C24H23FN6O/c1-3-30-23-14-10-21(24(26)27-12-14)32-13(2)17-11-15(25)4-7-19(17)31-20(8-9-28-31)16-5-6-18(29-30)22(16)23/h4,7-13,16H,3,5-6H2,1-2H3,(H2,26,27)/t13-,16?/m1/s1. The first-order valence-corrected chi connectivity index (χ1v) is 10.9. The molecular weight excluding hydrogens is 407 g/mol. The van der Waals surface area contributed by atoms with Crippen molar-refractivity contribution in [2.75, 3.05) is 5.73 Å². The van der Waals surface area contributed by atoms with E-state index >= 15 is 0 Å². The molecule has 4 aromatic rings. The maximum atomic E-state index is 14.3. The first-order valence-electron chi connectivity index (χ1n) is 10.9. The van der Waals surface area contributed by atoms with E-state index in [-0.39, 0.29) is 11.7 Å². The molecule has 3 aromatic heterocycles. The summed E-state index contributed by atoms with van der Waals surface area (Å²) in [5.74, 6) is 0.566. The Balaban J connectivity index is 1.69. The van der Waals surface area contributed by atoms with Gasteiger partial charge in [0.05, 0.1) is 22.8 Å². The summed E-state index contributed by atoms with van der Waals surface area (Å²) in [4.78, 5) is 4.42. The highest BCUT2D eigenvalue weighted by Crippen LogP contribution is 2.45. The summed E-state index contributed by atoms with van der Waals surface area (Å²) in [6.45, 7) is 4.71. The number of anilines is 1.